The van der Waals surface area contributed by atoms with Crippen molar-refractivity contribution in [2.45, 2.75) is 134 Å². The summed E-state index contributed by atoms with van der Waals surface area (Å²) < 4.78 is 24.8. The van der Waals surface area contributed by atoms with Crippen molar-refractivity contribution in [1.82, 2.24) is 0 Å². The molecule has 0 radical (unpaired) electrons. The number of unbranched alkanes of at least 4 members (excludes halogenated alkanes) is 1. The summed E-state index contributed by atoms with van der Waals surface area (Å²) in [5.41, 5.74) is 8.04. The summed E-state index contributed by atoms with van der Waals surface area (Å²) in [6, 6.07) is 3.75. The third-order valence-electron chi connectivity index (χ3n) is 7.03. The predicted octanol–water partition coefficient (Wildman–Crippen LogP) is 4.13. The molecule has 0 saturated carbocycles. The van der Waals surface area contributed by atoms with Crippen molar-refractivity contribution in [1.29, 1.82) is 0 Å². The molecule has 6 nitrogen and oxygen atoms in total. The molecule has 0 spiro atoms. The number of aliphatic hydroxyl groups is 1. The van der Waals surface area contributed by atoms with Gasteiger partial charge in [0.2, 0.25) is 0 Å². The van der Waals surface area contributed by atoms with Gasteiger partial charge in [0.05, 0.1) is 0 Å². The van der Waals surface area contributed by atoms with Gasteiger partial charge in [-0.1, -0.05) is 33.1 Å². The van der Waals surface area contributed by atoms with Gasteiger partial charge in [-0.3, -0.25) is 0 Å². The van der Waals surface area contributed by atoms with Crippen LogP contribution >= 0.6 is 0 Å². The lowest BCUT2D eigenvalue weighted by Gasteiger charge is -2.29. The highest BCUT2D eigenvalue weighted by Crippen LogP contribution is 2.19. The fraction of sp³-hybridized carbons (Fsp3) is 1.00. The van der Waals surface area contributed by atoms with Crippen molar-refractivity contribution in [2.75, 3.05) is 13.2 Å². The summed E-state index contributed by atoms with van der Waals surface area (Å²) >= 11 is 0. The minimum atomic E-state index is -1.50. The average Bonchev–Trinajstić information content (AvgIpc) is 2.77. The second-order valence-corrected chi connectivity index (χ2v) is 40.7. The van der Waals surface area contributed by atoms with E-state index in [-0.39, 0.29) is 0 Å². The normalized spacial score (nSPS) is 14.7. The van der Waals surface area contributed by atoms with Crippen LogP contribution in [0.2, 0.25) is 88.4 Å². The quantitative estimate of drug-likeness (QED) is 0.133. The van der Waals surface area contributed by atoms with Gasteiger partial charge in [-0.2, -0.15) is 0 Å². The van der Waals surface area contributed by atoms with E-state index in [4.69, 9.17) is 27.3 Å². The van der Waals surface area contributed by atoms with E-state index in [1.807, 2.05) is 0 Å². The van der Waals surface area contributed by atoms with E-state index in [0.717, 1.165) is 42.2 Å². The second kappa shape index (κ2) is 22.1. The number of rotatable bonds is 22. The first-order chi connectivity index (χ1) is 17.4. The van der Waals surface area contributed by atoms with Crippen molar-refractivity contribution >= 4 is 72.3 Å². The highest BCUT2D eigenvalue weighted by atomic mass is 28.4. The molecule has 0 aliphatic carbocycles. The van der Waals surface area contributed by atoms with Crippen LogP contribution in [0.5, 0.6) is 0 Å². The molecule has 0 aliphatic rings. The molecule has 1 unspecified atom stereocenters. The first kappa shape index (κ1) is 41.6. The SMILES string of the molecule is CC(C)CCC[SiH](C)O[Si](C)(C)CCCN.C[Si](C)(C[SiH2]O[Si](C)(C)C[SiH2]O[Si](C)(C)CCCCO)O[SiH3]. The largest absolute Gasteiger partial charge is 0.464 e. The Labute approximate surface area is 252 Å². The fourth-order valence-corrected chi connectivity index (χ4v) is 28.4. The van der Waals surface area contributed by atoms with E-state index in [9.17, 15) is 0 Å². The molecule has 0 aromatic carbocycles. The van der Waals surface area contributed by atoms with E-state index in [1.165, 1.54) is 42.3 Å². The zero-order valence-corrected chi connectivity index (χ0v) is 37.7. The smallest absolute Gasteiger partial charge is 0.173 e. The summed E-state index contributed by atoms with van der Waals surface area (Å²) in [6.07, 6.45) is 5.86. The van der Waals surface area contributed by atoms with E-state index < -0.39 is 61.8 Å². The molecule has 0 saturated heterocycles. The summed E-state index contributed by atoms with van der Waals surface area (Å²) in [5.74, 6) is 0.837. The highest BCUT2D eigenvalue weighted by Gasteiger charge is 2.28. The van der Waals surface area contributed by atoms with Crippen LogP contribution in [0, 0.1) is 5.92 Å². The molecule has 0 aromatic rings. The Morgan fingerprint density at radius 2 is 1.32 bits per heavy atom. The summed E-state index contributed by atoms with van der Waals surface area (Å²) in [7, 11) is -6.65. The first-order valence-electron chi connectivity index (χ1n) is 15.2. The summed E-state index contributed by atoms with van der Waals surface area (Å²) in [4.78, 5) is 0. The highest BCUT2D eigenvalue weighted by molar-refractivity contribution is 6.86. The van der Waals surface area contributed by atoms with E-state index >= 15 is 0 Å². The van der Waals surface area contributed by atoms with Gasteiger partial charge in [0, 0.05) is 6.61 Å². The molecule has 1 atom stereocenters. The topological polar surface area (TPSA) is 83.2 Å². The molecule has 3 N–H and O–H groups in total. The molecule has 0 bridgehead atoms. The van der Waals surface area contributed by atoms with Gasteiger partial charge in [-0.05, 0) is 114 Å². The lowest BCUT2D eigenvalue weighted by atomic mass is 10.1. The van der Waals surface area contributed by atoms with Crippen molar-refractivity contribution < 1.29 is 21.6 Å². The molecular formula is C24H69NO5Si8. The van der Waals surface area contributed by atoms with E-state index in [1.54, 1.807) is 0 Å². The van der Waals surface area contributed by atoms with E-state index in [2.05, 4.69) is 72.8 Å². The maximum absolute atomic E-state index is 8.88. The molecule has 0 rings (SSSR count). The number of aliphatic hydroxyl groups excluding tert-OH is 1. The lowest BCUT2D eigenvalue weighted by Crippen LogP contribution is -2.40. The third-order valence-corrected chi connectivity index (χ3v) is 39.1. The standard InChI is InChI=1S/C12H31NOSi2.C12H38O4Si6/c1-12(2)8-6-10-15(3)14-16(4,5)11-7-9-13;1-20(2,10-8-7-9-13)15-19-12-22(5,6)16-18-11-21(3,4)14-17/h12,15H,6-11,13H2,1-5H3;13H,7-12,18-19H2,1-6,17H3. The maximum Gasteiger partial charge on any atom is 0.173 e. The molecule has 0 heterocycles. The molecule has 14 heteroatoms. The zero-order valence-electron chi connectivity index (χ0n) is 27.7. The lowest BCUT2D eigenvalue weighted by molar-refractivity contribution is 0.286. The van der Waals surface area contributed by atoms with Crippen LogP contribution in [0.3, 0.4) is 0 Å². The Hall–Kier alpha value is 1.50. The number of hydrogen-bond donors (Lipinski definition) is 2. The predicted molar refractivity (Wildman–Crippen MR) is 192 cm³/mol. The summed E-state index contributed by atoms with van der Waals surface area (Å²) in [5, 5.41) is 8.88. The summed E-state index contributed by atoms with van der Waals surface area (Å²) in [6.45, 7) is 26.7. The average molecular weight is 677 g/mol. The Morgan fingerprint density at radius 3 is 1.82 bits per heavy atom. The second-order valence-electron chi connectivity index (χ2n) is 13.8. The third kappa shape index (κ3) is 27.7. The minimum Gasteiger partial charge on any atom is -0.464 e. The van der Waals surface area contributed by atoms with Gasteiger partial charge in [0.25, 0.3) is 0 Å². The molecule has 232 valence electrons. The van der Waals surface area contributed by atoms with Crippen LogP contribution in [0.15, 0.2) is 0 Å². The molecule has 0 aliphatic heterocycles. The molecule has 38 heavy (non-hydrogen) atoms. The Balaban J connectivity index is 0. The van der Waals surface area contributed by atoms with Crippen LogP contribution in [0.1, 0.15) is 46.0 Å². The van der Waals surface area contributed by atoms with Gasteiger partial charge in [0.15, 0.2) is 42.3 Å². The van der Waals surface area contributed by atoms with Crippen LogP contribution in [0.25, 0.3) is 0 Å². The van der Waals surface area contributed by atoms with Crippen LogP contribution in [-0.4, -0.2) is 90.6 Å². The van der Waals surface area contributed by atoms with Crippen LogP contribution in [0.4, 0.5) is 0 Å². The Kier molecular flexibility index (Phi) is 24.2. The van der Waals surface area contributed by atoms with Crippen LogP contribution in [-0.2, 0) is 16.5 Å². The van der Waals surface area contributed by atoms with Crippen molar-refractivity contribution in [3.05, 3.63) is 0 Å². The van der Waals surface area contributed by atoms with Crippen molar-refractivity contribution in [2.24, 2.45) is 11.7 Å². The fourth-order valence-electron chi connectivity index (χ4n) is 4.06. The molecule has 0 fully saturated rings. The maximum atomic E-state index is 8.88. The Bertz CT molecular complexity index is 572. The van der Waals surface area contributed by atoms with Gasteiger partial charge in [0.1, 0.15) is 30.0 Å². The van der Waals surface area contributed by atoms with Gasteiger partial charge >= 0.3 is 0 Å². The van der Waals surface area contributed by atoms with Crippen LogP contribution < -0.4 is 5.73 Å². The monoisotopic (exact) mass is 675 g/mol. The molecule has 0 aromatic heterocycles. The van der Waals surface area contributed by atoms with Crippen molar-refractivity contribution in [3.8, 4) is 0 Å². The molecular weight excluding hydrogens is 607 g/mol. The zero-order chi connectivity index (χ0) is 29.9. The Morgan fingerprint density at radius 1 is 0.789 bits per heavy atom. The number of nitrogens with two attached hydrogens (primary N) is 1. The van der Waals surface area contributed by atoms with Crippen molar-refractivity contribution in [3.63, 3.8) is 0 Å². The minimum absolute atomic E-state index is 0.309. The first-order valence-corrected chi connectivity index (χ1v) is 34.1. The van der Waals surface area contributed by atoms with E-state index in [0.29, 0.717) is 6.61 Å². The van der Waals surface area contributed by atoms with Gasteiger partial charge in [-0.25, -0.2) is 0 Å². The van der Waals surface area contributed by atoms with Gasteiger partial charge in [-0.15, -0.1) is 0 Å². The molecule has 0 amide bonds. The number of hydrogen-bond acceptors (Lipinski definition) is 6. The van der Waals surface area contributed by atoms with Gasteiger partial charge < -0.3 is 27.3 Å².